The first-order valence-corrected chi connectivity index (χ1v) is 4.37. The van der Waals surface area contributed by atoms with Gasteiger partial charge in [0.1, 0.15) is 5.78 Å². The molecule has 0 aromatic rings. The van der Waals surface area contributed by atoms with Crippen LogP contribution in [0, 0.1) is 11.8 Å². The molecule has 64 valence electrons. The van der Waals surface area contributed by atoms with Gasteiger partial charge < -0.3 is 5.32 Å². The Morgan fingerprint density at radius 1 is 1.55 bits per heavy atom. The van der Waals surface area contributed by atoms with Crippen molar-refractivity contribution in [1.82, 2.24) is 5.32 Å². The Labute approximate surface area is 68.4 Å². The number of hydrogen-bond donors (Lipinski definition) is 1. The summed E-state index contributed by atoms with van der Waals surface area (Å²) in [7, 11) is 0. The van der Waals surface area contributed by atoms with Crippen molar-refractivity contribution in [3.05, 3.63) is 0 Å². The first-order chi connectivity index (χ1) is 5.11. The molecule has 11 heavy (non-hydrogen) atoms. The minimum Gasteiger partial charge on any atom is -0.313 e. The van der Waals surface area contributed by atoms with Crippen LogP contribution in [0.5, 0.6) is 0 Å². The third-order valence-electron chi connectivity index (χ3n) is 2.46. The van der Waals surface area contributed by atoms with Crippen molar-refractivity contribution in [3.8, 4) is 0 Å². The second-order valence-corrected chi connectivity index (χ2v) is 3.83. The average Bonchev–Trinajstić information content (AvgIpc) is 1.94. The lowest BCUT2D eigenvalue weighted by atomic mass is 9.89. The molecule has 0 aromatic heterocycles. The molecule has 0 aliphatic carbocycles. The second kappa shape index (κ2) is 3.35. The molecule has 2 heteroatoms. The van der Waals surface area contributed by atoms with E-state index in [2.05, 4.69) is 19.2 Å². The van der Waals surface area contributed by atoms with E-state index >= 15 is 0 Å². The average molecular weight is 155 g/mol. The molecule has 1 saturated heterocycles. The summed E-state index contributed by atoms with van der Waals surface area (Å²) < 4.78 is 0. The molecule has 0 radical (unpaired) electrons. The Bertz CT molecular complexity index is 154. The van der Waals surface area contributed by atoms with Gasteiger partial charge in [-0.05, 0) is 5.92 Å². The summed E-state index contributed by atoms with van der Waals surface area (Å²) in [6.07, 6.45) is 0.721. The van der Waals surface area contributed by atoms with Crippen LogP contribution in [0.2, 0.25) is 0 Å². The Balaban J connectivity index is 2.46. The molecular formula is C9H17NO. The number of nitrogens with one attached hydrogen (secondary N) is 1. The van der Waals surface area contributed by atoms with Crippen molar-refractivity contribution in [2.24, 2.45) is 11.8 Å². The van der Waals surface area contributed by atoms with Gasteiger partial charge in [0.05, 0.1) is 0 Å². The maximum absolute atomic E-state index is 11.3. The molecule has 0 bridgehead atoms. The molecule has 1 rings (SSSR count). The van der Waals surface area contributed by atoms with Crippen LogP contribution >= 0.6 is 0 Å². The van der Waals surface area contributed by atoms with E-state index in [0.29, 0.717) is 17.7 Å². The van der Waals surface area contributed by atoms with E-state index in [1.54, 1.807) is 0 Å². The van der Waals surface area contributed by atoms with E-state index in [1.807, 2.05) is 6.92 Å². The normalized spacial score (nSPS) is 32.9. The third-order valence-corrected chi connectivity index (χ3v) is 2.46. The molecule has 1 N–H and O–H groups in total. The summed E-state index contributed by atoms with van der Waals surface area (Å²) in [6, 6.07) is 0.415. The van der Waals surface area contributed by atoms with Gasteiger partial charge in [0.25, 0.3) is 0 Å². The maximum atomic E-state index is 11.3. The SMILES string of the molecule is CC1CN[C@@H](C(C)C)CC1=O. The first kappa shape index (κ1) is 8.72. The zero-order valence-electron chi connectivity index (χ0n) is 7.55. The summed E-state index contributed by atoms with van der Waals surface area (Å²) in [5.74, 6) is 1.22. The zero-order valence-corrected chi connectivity index (χ0v) is 7.55. The highest BCUT2D eigenvalue weighted by atomic mass is 16.1. The van der Waals surface area contributed by atoms with Crippen molar-refractivity contribution in [2.75, 3.05) is 6.54 Å². The van der Waals surface area contributed by atoms with Gasteiger partial charge in [-0.2, -0.15) is 0 Å². The van der Waals surface area contributed by atoms with E-state index in [0.717, 1.165) is 13.0 Å². The molecule has 2 atom stereocenters. The highest BCUT2D eigenvalue weighted by Gasteiger charge is 2.26. The van der Waals surface area contributed by atoms with Gasteiger partial charge in [-0.1, -0.05) is 20.8 Å². The maximum Gasteiger partial charge on any atom is 0.138 e. The Hall–Kier alpha value is -0.370. The van der Waals surface area contributed by atoms with Gasteiger partial charge >= 0.3 is 0 Å². The molecule has 1 heterocycles. The van der Waals surface area contributed by atoms with Crippen LogP contribution < -0.4 is 5.32 Å². The topological polar surface area (TPSA) is 29.1 Å². The van der Waals surface area contributed by atoms with Crippen LogP contribution in [0.25, 0.3) is 0 Å². The predicted octanol–water partition coefficient (Wildman–Crippen LogP) is 1.21. The van der Waals surface area contributed by atoms with Crippen molar-refractivity contribution in [3.63, 3.8) is 0 Å². The highest BCUT2D eigenvalue weighted by Crippen LogP contribution is 2.15. The summed E-state index contributed by atoms with van der Waals surface area (Å²) in [4.78, 5) is 11.3. The molecule has 0 saturated carbocycles. The molecule has 1 unspecified atom stereocenters. The van der Waals surface area contributed by atoms with E-state index in [9.17, 15) is 4.79 Å². The van der Waals surface area contributed by atoms with Gasteiger partial charge in [-0.25, -0.2) is 0 Å². The molecule has 1 aliphatic heterocycles. The summed E-state index contributed by atoms with van der Waals surface area (Å²) >= 11 is 0. The highest BCUT2D eigenvalue weighted by molar-refractivity contribution is 5.82. The van der Waals surface area contributed by atoms with E-state index in [4.69, 9.17) is 0 Å². The fraction of sp³-hybridized carbons (Fsp3) is 0.889. The second-order valence-electron chi connectivity index (χ2n) is 3.83. The molecule has 0 amide bonds. The molecule has 1 fully saturated rings. The van der Waals surface area contributed by atoms with Crippen LogP contribution in [0.3, 0.4) is 0 Å². The predicted molar refractivity (Wildman–Crippen MR) is 45.4 cm³/mol. The van der Waals surface area contributed by atoms with Crippen LogP contribution in [0.4, 0.5) is 0 Å². The number of carbonyl (C=O) groups is 1. The van der Waals surface area contributed by atoms with Crippen molar-refractivity contribution >= 4 is 5.78 Å². The van der Waals surface area contributed by atoms with Gasteiger partial charge in [-0.15, -0.1) is 0 Å². The largest absolute Gasteiger partial charge is 0.313 e. The molecular weight excluding hydrogens is 138 g/mol. The van der Waals surface area contributed by atoms with Crippen LogP contribution in [0.1, 0.15) is 27.2 Å². The lowest BCUT2D eigenvalue weighted by Crippen LogP contribution is -2.45. The number of Topliss-reactive ketones (excluding diaryl/α,β-unsaturated/α-hetero) is 1. The molecule has 2 nitrogen and oxygen atoms in total. The van der Waals surface area contributed by atoms with Crippen LogP contribution in [-0.2, 0) is 4.79 Å². The third kappa shape index (κ3) is 2.03. The lowest BCUT2D eigenvalue weighted by molar-refractivity contribution is -0.124. The van der Waals surface area contributed by atoms with Crippen LogP contribution in [-0.4, -0.2) is 18.4 Å². The summed E-state index contributed by atoms with van der Waals surface area (Å²) in [5, 5.41) is 3.38. The Kier molecular flexibility index (Phi) is 2.66. The van der Waals surface area contributed by atoms with Gasteiger partial charge in [0.15, 0.2) is 0 Å². The zero-order chi connectivity index (χ0) is 8.43. The summed E-state index contributed by atoms with van der Waals surface area (Å²) in [5.41, 5.74) is 0. The van der Waals surface area contributed by atoms with E-state index < -0.39 is 0 Å². The monoisotopic (exact) mass is 155 g/mol. The fourth-order valence-corrected chi connectivity index (χ4v) is 1.40. The van der Waals surface area contributed by atoms with Crippen molar-refractivity contribution in [1.29, 1.82) is 0 Å². The quantitative estimate of drug-likeness (QED) is 0.616. The molecule has 1 aliphatic rings. The smallest absolute Gasteiger partial charge is 0.138 e. The number of hydrogen-bond acceptors (Lipinski definition) is 2. The molecule has 0 aromatic carbocycles. The molecule has 0 spiro atoms. The number of rotatable bonds is 1. The fourth-order valence-electron chi connectivity index (χ4n) is 1.40. The van der Waals surface area contributed by atoms with Crippen molar-refractivity contribution in [2.45, 2.75) is 33.2 Å². The minimum absolute atomic E-state index is 0.227. The van der Waals surface area contributed by atoms with Crippen LogP contribution in [0.15, 0.2) is 0 Å². The number of ketones is 1. The Morgan fingerprint density at radius 2 is 2.18 bits per heavy atom. The minimum atomic E-state index is 0.227. The Morgan fingerprint density at radius 3 is 2.64 bits per heavy atom. The lowest BCUT2D eigenvalue weighted by Gasteiger charge is -2.29. The van der Waals surface area contributed by atoms with E-state index in [-0.39, 0.29) is 5.92 Å². The van der Waals surface area contributed by atoms with Gasteiger partial charge in [0, 0.05) is 24.9 Å². The van der Waals surface area contributed by atoms with Gasteiger partial charge in [-0.3, -0.25) is 4.79 Å². The summed E-state index contributed by atoms with van der Waals surface area (Å²) in [6.45, 7) is 7.16. The van der Waals surface area contributed by atoms with Crippen molar-refractivity contribution < 1.29 is 4.79 Å². The van der Waals surface area contributed by atoms with Gasteiger partial charge in [0.2, 0.25) is 0 Å². The van der Waals surface area contributed by atoms with E-state index in [1.165, 1.54) is 0 Å². The number of piperidine rings is 1. The number of carbonyl (C=O) groups excluding carboxylic acids is 1. The standard InChI is InChI=1S/C9H17NO/c1-6(2)8-4-9(11)7(3)5-10-8/h6-8,10H,4-5H2,1-3H3/t7?,8-/m1/s1. The first-order valence-electron chi connectivity index (χ1n) is 4.37.